The number of nitro benzene ring substituents is 1. The minimum absolute atomic E-state index is 0.131. The molecule has 0 saturated heterocycles. The molecule has 5 aromatic rings. The maximum Gasteiger partial charge on any atom is 0.296 e. The van der Waals surface area contributed by atoms with Gasteiger partial charge in [0.05, 0.1) is 45.5 Å². The van der Waals surface area contributed by atoms with Crippen molar-refractivity contribution in [3.05, 3.63) is 112 Å². The Hall–Kier alpha value is -4.78. The van der Waals surface area contributed by atoms with E-state index in [1.807, 2.05) is 72.8 Å². The van der Waals surface area contributed by atoms with Crippen molar-refractivity contribution < 1.29 is 4.92 Å². The van der Waals surface area contributed by atoms with Crippen LogP contribution in [-0.2, 0) is 0 Å². The molecule has 7 heteroatoms. The summed E-state index contributed by atoms with van der Waals surface area (Å²) in [6.45, 7) is 0. The van der Waals surface area contributed by atoms with E-state index in [9.17, 15) is 10.1 Å². The van der Waals surface area contributed by atoms with E-state index in [4.69, 9.17) is 0 Å². The fourth-order valence-electron chi connectivity index (χ4n) is 3.43. The van der Waals surface area contributed by atoms with E-state index < -0.39 is 4.92 Å². The maximum absolute atomic E-state index is 11.6. The first kappa shape index (κ1) is 20.1. The Balaban J connectivity index is 1.41. The summed E-state index contributed by atoms with van der Waals surface area (Å²) in [5.41, 5.74) is 3.53. The first-order chi connectivity index (χ1) is 16.2. The van der Waals surface area contributed by atoms with Gasteiger partial charge < -0.3 is 0 Å². The van der Waals surface area contributed by atoms with E-state index in [0.717, 1.165) is 21.8 Å². The Labute approximate surface area is 189 Å². The van der Waals surface area contributed by atoms with E-state index in [1.165, 1.54) is 12.3 Å². The summed E-state index contributed by atoms with van der Waals surface area (Å²) in [5, 5.41) is 13.7. The van der Waals surface area contributed by atoms with Crippen LogP contribution in [0, 0.1) is 10.1 Å². The van der Waals surface area contributed by atoms with Crippen molar-refractivity contribution >= 4 is 51.3 Å². The third-order valence-corrected chi connectivity index (χ3v) is 5.08. The molecule has 0 aliphatic rings. The van der Waals surface area contributed by atoms with Crippen LogP contribution in [0.1, 0.15) is 11.4 Å². The fourth-order valence-corrected chi connectivity index (χ4v) is 3.43. The number of rotatable bonds is 5. The largest absolute Gasteiger partial charge is 0.296 e. The second kappa shape index (κ2) is 8.76. The highest BCUT2D eigenvalue weighted by Crippen LogP contribution is 2.31. The zero-order valence-corrected chi connectivity index (χ0v) is 17.4. The molecule has 0 radical (unpaired) electrons. The summed E-state index contributed by atoms with van der Waals surface area (Å²) in [5.74, 6) is 0. The lowest BCUT2D eigenvalue weighted by atomic mass is 10.2. The van der Waals surface area contributed by atoms with E-state index in [2.05, 4.69) is 20.0 Å². The molecule has 0 bridgehead atoms. The van der Waals surface area contributed by atoms with Crippen LogP contribution in [0.25, 0.3) is 21.8 Å². The van der Waals surface area contributed by atoms with Gasteiger partial charge in [0.1, 0.15) is 5.69 Å². The Kier molecular flexibility index (Phi) is 5.35. The molecule has 0 spiro atoms. The smallest absolute Gasteiger partial charge is 0.258 e. The van der Waals surface area contributed by atoms with Crippen molar-refractivity contribution in [3.63, 3.8) is 0 Å². The van der Waals surface area contributed by atoms with Gasteiger partial charge in [-0.15, -0.1) is 0 Å². The standard InChI is InChI=1S/C26H17N5O2/c32-31(33)26-15-20(27-16-21-11-9-18-5-1-3-7-23(18)29-21)13-14-25(26)28-17-22-12-10-19-6-2-4-8-24(19)30-22/h1-17H. The van der Waals surface area contributed by atoms with Crippen molar-refractivity contribution in [1.82, 2.24) is 9.97 Å². The number of hydrogen-bond donors (Lipinski definition) is 0. The van der Waals surface area contributed by atoms with Crippen LogP contribution in [0.5, 0.6) is 0 Å². The average Bonchev–Trinajstić information content (AvgIpc) is 2.86. The molecule has 0 aliphatic carbocycles. The molecule has 7 nitrogen and oxygen atoms in total. The summed E-state index contributed by atoms with van der Waals surface area (Å²) in [6, 6.07) is 27.8. The zero-order chi connectivity index (χ0) is 22.6. The number of aromatic nitrogens is 2. The van der Waals surface area contributed by atoms with Gasteiger partial charge in [0.15, 0.2) is 0 Å². The van der Waals surface area contributed by atoms with Gasteiger partial charge in [0.2, 0.25) is 0 Å². The van der Waals surface area contributed by atoms with Gasteiger partial charge in [-0.3, -0.25) is 15.1 Å². The first-order valence-corrected chi connectivity index (χ1v) is 10.2. The third kappa shape index (κ3) is 4.47. The van der Waals surface area contributed by atoms with Crippen LogP contribution < -0.4 is 0 Å². The van der Waals surface area contributed by atoms with Crippen LogP contribution >= 0.6 is 0 Å². The predicted molar refractivity (Wildman–Crippen MR) is 131 cm³/mol. The number of pyridine rings is 2. The molecule has 0 saturated carbocycles. The quantitative estimate of drug-likeness (QED) is 0.188. The number of hydrogen-bond acceptors (Lipinski definition) is 6. The molecule has 0 atom stereocenters. The molecule has 0 aliphatic heterocycles. The van der Waals surface area contributed by atoms with E-state index in [1.54, 1.807) is 18.3 Å². The SMILES string of the molecule is O=[N+]([O-])c1cc(N=Cc2ccc3ccccc3n2)ccc1N=Cc1ccc2ccccc2n1. The number of nitrogens with zero attached hydrogens (tertiary/aromatic N) is 5. The summed E-state index contributed by atoms with van der Waals surface area (Å²) in [6.07, 6.45) is 3.12. The molecule has 3 aromatic carbocycles. The Morgan fingerprint density at radius 1 is 0.697 bits per heavy atom. The lowest BCUT2D eigenvalue weighted by molar-refractivity contribution is -0.384. The second-order valence-corrected chi connectivity index (χ2v) is 7.30. The Bertz CT molecular complexity index is 1560. The fraction of sp³-hybridized carbons (Fsp3) is 0. The van der Waals surface area contributed by atoms with Crippen LogP contribution in [-0.4, -0.2) is 27.3 Å². The molecular weight excluding hydrogens is 414 g/mol. The highest BCUT2D eigenvalue weighted by molar-refractivity contribution is 5.88. The Morgan fingerprint density at radius 3 is 1.88 bits per heavy atom. The van der Waals surface area contributed by atoms with Crippen molar-refractivity contribution in [3.8, 4) is 0 Å². The third-order valence-electron chi connectivity index (χ3n) is 5.08. The molecular formula is C26H17N5O2. The zero-order valence-electron chi connectivity index (χ0n) is 17.4. The number of para-hydroxylation sites is 2. The summed E-state index contributed by atoms with van der Waals surface area (Å²) >= 11 is 0. The van der Waals surface area contributed by atoms with Crippen molar-refractivity contribution in [2.75, 3.05) is 0 Å². The normalized spacial score (nSPS) is 11.6. The van der Waals surface area contributed by atoms with Crippen molar-refractivity contribution in [2.24, 2.45) is 9.98 Å². The molecule has 0 amide bonds. The molecule has 0 unspecified atom stereocenters. The molecule has 0 N–H and O–H groups in total. The van der Waals surface area contributed by atoms with Gasteiger partial charge in [-0.2, -0.15) is 0 Å². The molecule has 158 valence electrons. The molecule has 5 rings (SSSR count). The van der Waals surface area contributed by atoms with Gasteiger partial charge >= 0.3 is 0 Å². The minimum atomic E-state index is -0.464. The van der Waals surface area contributed by atoms with Gasteiger partial charge in [0.25, 0.3) is 5.69 Å². The first-order valence-electron chi connectivity index (χ1n) is 10.2. The maximum atomic E-state index is 11.6. The van der Waals surface area contributed by atoms with Crippen LogP contribution in [0.3, 0.4) is 0 Å². The van der Waals surface area contributed by atoms with E-state index in [-0.39, 0.29) is 11.4 Å². The number of aliphatic imine (C=N–C) groups is 2. The highest BCUT2D eigenvalue weighted by Gasteiger charge is 2.13. The number of benzene rings is 3. The number of fused-ring (bicyclic) bond motifs is 2. The monoisotopic (exact) mass is 431 g/mol. The van der Waals surface area contributed by atoms with Crippen LogP contribution in [0.2, 0.25) is 0 Å². The molecule has 33 heavy (non-hydrogen) atoms. The predicted octanol–water partition coefficient (Wildman–Crippen LogP) is 6.19. The van der Waals surface area contributed by atoms with Gasteiger partial charge in [0, 0.05) is 16.8 Å². The van der Waals surface area contributed by atoms with Gasteiger partial charge in [-0.05, 0) is 36.4 Å². The van der Waals surface area contributed by atoms with Crippen molar-refractivity contribution in [1.29, 1.82) is 0 Å². The van der Waals surface area contributed by atoms with Crippen molar-refractivity contribution in [2.45, 2.75) is 0 Å². The lowest BCUT2D eigenvalue weighted by Gasteiger charge is -2.01. The highest BCUT2D eigenvalue weighted by atomic mass is 16.6. The van der Waals surface area contributed by atoms with Gasteiger partial charge in [-0.1, -0.05) is 48.5 Å². The molecule has 2 heterocycles. The second-order valence-electron chi connectivity index (χ2n) is 7.30. The van der Waals surface area contributed by atoms with Gasteiger partial charge in [-0.25, -0.2) is 15.0 Å². The molecule has 2 aromatic heterocycles. The molecule has 0 fully saturated rings. The topological polar surface area (TPSA) is 93.6 Å². The minimum Gasteiger partial charge on any atom is -0.258 e. The lowest BCUT2D eigenvalue weighted by Crippen LogP contribution is -1.91. The average molecular weight is 431 g/mol. The Morgan fingerprint density at radius 2 is 1.27 bits per heavy atom. The summed E-state index contributed by atoms with van der Waals surface area (Å²) < 4.78 is 0. The number of nitro groups is 1. The summed E-state index contributed by atoms with van der Waals surface area (Å²) in [4.78, 5) is 28.9. The van der Waals surface area contributed by atoms with E-state index in [0.29, 0.717) is 17.1 Å². The van der Waals surface area contributed by atoms with Crippen LogP contribution in [0.4, 0.5) is 17.1 Å². The van der Waals surface area contributed by atoms with E-state index >= 15 is 0 Å². The van der Waals surface area contributed by atoms with Crippen LogP contribution in [0.15, 0.2) is 101 Å². The summed E-state index contributed by atoms with van der Waals surface area (Å²) in [7, 11) is 0.